The Labute approximate surface area is 119 Å². The number of nitrogens with one attached hydrogen (secondary N) is 1. The van der Waals surface area contributed by atoms with Crippen LogP contribution in [0.15, 0.2) is 12.1 Å². The number of aromatic nitrogens is 1. The van der Waals surface area contributed by atoms with Gasteiger partial charge < -0.3 is 0 Å². The van der Waals surface area contributed by atoms with Crippen LogP contribution in [0.4, 0.5) is 15.0 Å². The van der Waals surface area contributed by atoms with Crippen LogP contribution in [0.2, 0.25) is 0 Å². The molecule has 21 heavy (non-hydrogen) atoms. The van der Waals surface area contributed by atoms with E-state index in [1.54, 1.807) is 0 Å². The molecule has 114 valence electrons. The van der Waals surface area contributed by atoms with Crippen molar-refractivity contribution in [2.24, 2.45) is 0 Å². The van der Waals surface area contributed by atoms with Crippen molar-refractivity contribution in [1.29, 1.82) is 0 Å². The summed E-state index contributed by atoms with van der Waals surface area (Å²) in [4.78, 5) is 27.3. The van der Waals surface area contributed by atoms with Crippen molar-refractivity contribution in [3.63, 3.8) is 0 Å². The number of aryl methyl sites for hydroxylation is 1. The van der Waals surface area contributed by atoms with Crippen LogP contribution in [-0.2, 0) is 21.3 Å². The molecular formula is C11H12FN3O5S. The Balaban J connectivity index is 2.15. The van der Waals surface area contributed by atoms with Crippen LogP contribution in [0.5, 0.6) is 0 Å². The number of amides is 3. The Bertz CT molecular complexity index is 691. The largest absolute Gasteiger partial charge is 0.329 e. The van der Waals surface area contributed by atoms with Crippen molar-refractivity contribution >= 4 is 27.9 Å². The lowest BCUT2D eigenvalue weighted by atomic mass is 10.2. The molecule has 2 rings (SSSR count). The zero-order chi connectivity index (χ0) is 15.6. The van der Waals surface area contributed by atoms with Crippen LogP contribution in [0.3, 0.4) is 0 Å². The molecule has 1 aliphatic heterocycles. The average molecular weight is 317 g/mol. The van der Waals surface area contributed by atoms with Gasteiger partial charge in [0.15, 0.2) is 0 Å². The Morgan fingerprint density at radius 3 is 2.67 bits per heavy atom. The molecule has 1 aliphatic rings. The maximum atomic E-state index is 13.8. The van der Waals surface area contributed by atoms with Crippen LogP contribution in [0.25, 0.3) is 0 Å². The van der Waals surface area contributed by atoms with Crippen LogP contribution in [0.1, 0.15) is 12.0 Å². The summed E-state index contributed by atoms with van der Waals surface area (Å²) in [5.74, 6) is -1.95. The number of imide groups is 1. The molecule has 0 aromatic carbocycles. The number of carbonyl (C=O) groups excluding carboxylic acids is 2. The van der Waals surface area contributed by atoms with Crippen LogP contribution < -0.4 is 10.2 Å². The first-order chi connectivity index (χ1) is 9.76. The van der Waals surface area contributed by atoms with E-state index in [-0.39, 0.29) is 30.8 Å². The topological polar surface area (TPSA) is 117 Å². The second-order valence-corrected chi connectivity index (χ2v) is 5.98. The summed E-state index contributed by atoms with van der Waals surface area (Å²) in [7, 11) is -4.19. The summed E-state index contributed by atoms with van der Waals surface area (Å²) in [5, 5.41) is 2.08. The van der Waals surface area contributed by atoms with Crippen molar-refractivity contribution in [2.75, 3.05) is 17.2 Å². The van der Waals surface area contributed by atoms with Gasteiger partial charge in [-0.05, 0) is 12.5 Å². The van der Waals surface area contributed by atoms with Gasteiger partial charge in [-0.1, -0.05) is 6.07 Å². The van der Waals surface area contributed by atoms with Gasteiger partial charge >= 0.3 is 6.03 Å². The summed E-state index contributed by atoms with van der Waals surface area (Å²) in [5.41, 5.74) is 0.00451. The minimum atomic E-state index is -4.19. The van der Waals surface area contributed by atoms with E-state index >= 15 is 0 Å². The normalized spacial score (nSPS) is 16.0. The highest BCUT2D eigenvalue weighted by atomic mass is 32.2. The van der Waals surface area contributed by atoms with Crippen molar-refractivity contribution in [2.45, 2.75) is 12.8 Å². The molecule has 1 aromatic rings. The second-order valence-electron chi connectivity index (χ2n) is 4.41. The fourth-order valence-electron chi connectivity index (χ4n) is 1.81. The number of halogens is 1. The molecule has 1 fully saturated rings. The molecule has 0 saturated carbocycles. The number of hydrogen-bond donors (Lipinski definition) is 2. The predicted octanol–water partition coefficient (Wildman–Crippen LogP) is 0.0973. The molecule has 2 N–H and O–H groups in total. The fraction of sp³-hybridized carbons (Fsp3) is 0.364. The molecule has 10 heteroatoms. The molecule has 8 nitrogen and oxygen atoms in total. The molecule has 0 unspecified atom stereocenters. The summed E-state index contributed by atoms with van der Waals surface area (Å²) < 4.78 is 43.6. The zero-order valence-corrected chi connectivity index (χ0v) is 11.6. The van der Waals surface area contributed by atoms with Gasteiger partial charge in [0.05, 0.1) is 5.75 Å². The van der Waals surface area contributed by atoms with E-state index < -0.39 is 33.8 Å². The first kappa shape index (κ1) is 15.3. The molecule has 3 amide bonds. The number of nitrogens with zero attached hydrogens (tertiary/aromatic N) is 2. The minimum absolute atomic E-state index is 0.00451. The number of carbonyl (C=O) groups is 2. The Hall–Kier alpha value is -2.07. The van der Waals surface area contributed by atoms with E-state index in [2.05, 4.69) is 10.3 Å². The van der Waals surface area contributed by atoms with E-state index in [0.717, 1.165) is 4.90 Å². The van der Waals surface area contributed by atoms with Gasteiger partial charge in [-0.25, -0.2) is 9.78 Å². The SMILES string of the molecule is O=C1CCN(c2ccc(CCS(=O)(=O)O)c(F)n2)C(=O)N1. The molecule has 0 atom stereocenters. The maximum Gasteiger partial charge on any atom is 0.329 e. The van der Waals surface area contributed by atoms with E-state index in [0.29, 0.717) is 0 Å². The molecule has 0 spiro atoms. The second kappa shape index (κ2) is 5.74. The molecule has 2 heterocycles. The Morgan fingerprint density at radius 2 is 2.10 bits per heavy atom. The van der Waals surface area contributed by atoms with Gasteiger partial charge in [-0.2, -0.15) is 12.8 Å². The monoisotopic (exact) mass is 317 g/mol. The smallest absolute Gasteiger partial charge is 0.286 e. The summed E-state index contributed by atoms with van der Waals surface area (Å²) in [6.07, 6.45) is -0.151. The van der Waals surface area contributed by atoms with Gasteiger partial charge in [-0.3, -0.25) is 19.6 Å². The highest BCUT2D eigenvalue weighted by molar-refractivity contribution is 7.85. The quantitative estimate of drug-likeness (QED) is 0.601. The number of hydrogen-bond acceptors (Lipinski definition) is 5. The van der Waals surface area contributed by atoms with E-state index in [4.69, 9.17) is 4.55 Å². The third-order valence-electron chi connectivity index (χ3n) is 2.87. The summed E-state index contributed by atoms with van der Waals surface area (Å²) in [6, 6.07) is 1.94. The Kier molecular flexibility index (Phi) is 4.19. The van der Waals surface area contributed by atoms with Crippen molar-refractivity contribution < 1.29 is 27.0 Å². The third kappa shape index (κ3) is 3.95. The van der Waals surface area contributed by atoms with Gasteiger partial charge in [0.1, 0.15) is 5.82 Å². The van der Waals surface area contributed by atoms with E-state index in [9.17, 15) is 22.4 Å². The predicted molar refractivity (Wildman–Crippen MR) is 69.8 cm³/mol. The van der Waals surface area contributed by atoms with Crippen LogP contribution >= 0.6 is 0 Å². The number of anilines is 1. The van der Waals surface area contributed by atoms with Crippen molar-refractivity contribution in [3.8, 4) is 0 Å². The van der Waals surface area contributed by atoms with Crippen LogP contribution in [0, 0.1) is 5.95 Å². The van der Waals surface area contributed by atoms with E-state index in [1.165, 1.54) is 12.1 Å². The molecule has 1 saturated heterocycles. The highest BCUT2D eigenvalue weighted by Gasteiger charge is 2.25. The third-order valence-corrected chi connectivity index (χ3v) is 3.59. The lowest BCUT2D eigenvalue weighted by Gasteiger charge is -2.25. The molecular weight excluding hydrogens is 305 g/mol. The lowest BCUT2D eigenvalue weighted by Crippen LogP contribution is -2.50. The average Bonchev–Trinajstić information content (AvgIpc) is 2.36. The van der Waals surface area contributed by atoms with Gasteiger partial charge in [-0.15, -0.1) is 0 Å². The number of pyridine rings is 1. The number of rotatable bonds is 4. The van der Waals surface area contributed by atoms with Crippen molar-refractivity contribution in [3.05, 3.63) is 23.6 Å². The molecule has 1 aromatic heterocycles. The van der Waals surface area contributed by atoms with Crippen LogP contribution in [-0.4, -0.2) is 42.2 Å². The summed E-state index contributed by atoms with van der Waals surface area (Å²) in [6.45, 7) is 0.0848. The molecule has 0 radical (unpaired) electrons. The van der Waals surface area contributed by atoms with Crippen molar-refractivity contribution in [1.82, 2.24) is 10.3 Å². The maximum absolute atomic E-state index is 13.8. The highest BCUT2D eigenvalue weighted by Crippen LogP contribution is 2.17. The van der Waals surface area contributed by atoms with Gasteiger partial charge in [0, 0.05) is 18.5 Å². The molecule has 0 aliphatic carbocycles. The standard InChI is InChI=1S/C11H12FN3O5S/c12-10-7(4-6-21(18,19)20)1-2-8(13-10)15-5-3-9(16)14-11(15)17/h1-2H,3-6H2,(H,14,16,17)(H,18,19,20). The minimum Gasteiger partial charge on any atom is -0.286 e. The zero-order valence-electron chi connectivity index (χ0n) is 10.7. The van der Waals surface area contributed by atoms with E-state index in [1.807, 2.05) is 0 Å². The Morgan fingerprint density at radius 1 is 1.38 bits per heavy atom. The first-order valence-electron chi connectivity index (χ1n) is 5.98. The first-order valence-corrected chi connectivity index (χ1v) is 7.59. The molecule has 0 bridgehead atoms. The number of urea groups is 1. The summed E-state index contributed by atoms with van der Waals surface area (Å²) >= 11 is 0. The fourth-order valence-corrected chi connectivity index (χ4v) is 2.29. The van der Waals surface area contributed by atoms with Gasteiger partial charge in [0.25, 0.3) is 10.1 Å². The van der Waals surface area contributed by atoms with Gasteiger partial charge in [0.2, 0.25) is 11.9 Å². The lowest BCUT2D eigenvalue weighted by molar-refractivity contribution is -0.120.